The number of anilines is 1. The molecule has 1 aromatic carbocycles. The third-order valence-corrected chi connectivity index (χ3v) is 5.87. The average molecular weight is 596 g/mol. The van der Waals surface area contributed by atoms with Crippen LogP contribution in [0.2, 0.25) is 5.02 Å². The lowest BCUT2D eigenvalue weighted by atomic mass is 9.94. The molecule has 0 spiro atoms. The van der Waals surface area contributed by atoms with Gasteiger partial charge >= 0.3 is 47.9 Å². The van der Waals surface area contributed by atoms with Crippen LogP contribution < -0.4 is 5.32 Å². The molecular weight excluding hydrogens is 586 g/mol. The summed E-state index contributed by atoms with van der Waals surface area (Å²) in [5.74, 6) is -42.2. The van der Waals surface area contributed by atoms with E-state index in [4.69, 9.17) is 11.6 Å². The van der Waals surface area contributed by atoms with Gasteiger partial charge in [-0.2, -0.15) is 43.9 Å². The maximum Gasteiger partial charge on any atom is 0.393 e. The van der Waals surface area contributed by atoms with E-state index in [0.717, 1.165) is 17.8 Å². The first-order valence-corrected chi connectivity index (χ1v) is 10.4. The van der Waals surface area contributed by atoms with Crippen molar-refractivity contribution >= 4 is 39.8 Å². The summed E-state index contributed by atoms with van der Waals surface area (Å²) in [5, 5.41) is 1.14. The molecule has 18 heteroatoms. The lowest BCUT2D eigenvalue weighted by Gasteiger charge is -2.38. The van der Waals surface area contributed by atoms with Gasteiger partial charge in [-0.3, -0.25) is 4.79 Å². The zero-order valence-electron chi connectivity index (χ0n) is 17.5. The van der Waals surface area contributed by atoms with Gasteiger partial charge in [-0.15, -0.1) is 11.3 Å². The molecular formula is C19H10ClF12NO3S. The molecule has 1 N–H and O–H groups in total. The van der Waals surface area contributed by atoms with Crippen molar-refractivity contribution < 1.29 is 67.0 Å². The Kier molecular flexibility index (Phi) is 8.16. The number of halogens is 13. The minimum absolute atomic E-state index is 0.124. The highest BCUT2D eigenvalue weighted by atomic mass is 35.5. The smallest absolute Gasteiger partial charge is 0.393 e. The SMILES string of the molecule is COC(=O)c1c(-c2ccc(Cl)cc2)csc1NC(=O)C(F)(F)C(F)(F)C(F)(F)C(F)(F)C(F)(F)C(F)F. The molecule has 0 unspecified atom stereocenters. The van der Waals surface area contributed by atoms with Crippen molar-refractivity contribution in [3.8, 4) is 11.1 Å². The molecule has 37 heavy (non-hydrogen) atoms. The molecule has 0 saturated heterocycles. The van der Waals surface area contributed by atoms with Gasteiger partial charge in [0.25, 0.3) is 0 Å². The Morgan fingerprint density at radius 3 is 1.86 bits per heavy atom. The third-order valence-electron chi connectivity index (χ3n) is 4.72. The predicted molar refractivity (Wildman–Crippen MR) is 105 cm³/mol. The fraction of sp³-hybridized carbons (Fsp3) is 0.368. The predicted octanol–water partition coefficient (Wildman–Crippen LogP) is 7.24. The molecule has 0 radical (unpaired) electrons. The molecule has 2 aromatic rings. The van der Waals surface area contributed by atoms with Crippen LogP contribution in [0.5, 0.6) is 0 Å². The van der Waals surface area contributed by atoms with Crippen molar-refractivity contribution in [3.63, 3.8) is 0 Å². The summed E-state index contributed by atoms with van der Waals surface area (Å²) in [6.45, 7) is 0. The van der Waals surface area contributed by atoms with E-state index < -0.39 is 58.5 Å². The van der Waals surface area contributed by atoms with E-state index in [0.29, 0.717) is 0 Å². The molecule has 4 nitrogen and oxygen atoms in total. The van der Waals surface area contributed by atoms with Crippen LogP contribution in [0.15, 0.2) is 29.6 Å². The van der Waals surface area contributed by atoms with Crippen LogP contribution in [0.3, 0.4) is 0 Å². The number of rotatable bonds is 9. The second-order valence-corrected chi connectivity index (χ2v) is 8.34. The highest BCUT2D eigenvalue weighted by Crippen LogP contribution is 2.58. The van der Waals surface area contributed by atoms with Gasteiger partial charge in [0.1, 0.15) is 10.6 Å². The number of thiophene rings is 1. The van der Waals surface area contributed by atoms with Crippen molar-refractivity contribution in [2.45, 2.75) is 36.0 Å². The summed E-state index contributed by atoms with van der Waals surface area (Å²) < 4.78 is 165. The molecule has 0 bridgehead atoms. The molecule has 0 atom stereocenters. The molecule has 1 heterocycles. The Morgan fingerprint density at radius 2 is 1.41 bits per heavy atom. The number of ether oxygens (including phenoxy) is 1. The van der Waals surface area contributed by atoms with Crippen LogP contribution in [0, 0.1) is 0 Å². The largest absolute Gasteiger partial charge is 0.465 e. The number of nitrogens with one attached hydrogen (secondary N) is 1. The number of amides is 1. The fourth-order valence-electron chi connectivity index (χ4n) is 2.66. The summed E-state index contributed by atoms with van der Waals surface area (Å²) in [6, 6.07) is 5.13. The molecule has 0 aliphatic carbocycles. The molecule has 2 rings (SSSR count). The number of hydrogen-bond donors (Lipinski definition) is 1. The second kappa shape index (κ2) is 9.89. The minimum atomic E-state index is -7.88. The Morgan fingerprint density at radius 1 is 0.892 bits per heavy atom. The normalized spacial score (nSPS) is 13.6. The van der Waals surface area contributed by atoms with Gasteiger partial charge in [-0.25, -0.2) is 13.6 Å². The molecule has 1 aromatic heterocycles. The first-order valence-electron chi connectivity index (χ1n) is 9.12. The van der Waals surface area contributed by atoms with Crippen molar-refractivity contribution in [2.24, 2.45) is 0 Å². The Hall–Kier alpha value is -2.69. The number of hydrogen-bond acceptors (Lipinski definition) is 4. The number of carbonyl (C=O) groups is 2. The van der Waals surface area contributed by atoms with E-state index >= 15 is 0 Å². The van der Waals surface area contributed by atoms with E-state index in [1.165, 1.54) is 24.3 Å². The van der Waals surface area contributed by atoms with Crippen LogP contribution >= 0.6 is 22.9 Å². The van der Waals surface area contributed by atoms with Gasteiger partial charge in [0.05, 0.1) is 7.11 Å². The van der Waals surface area contributed by atoms with E-state index in [2.05, 4.69) is 4.74 Å². The molecule has 1 amide bonds. The van der Waals surface area contributed by atoms with E-state index in [1.807, 2.05) is 0 Å². The van der Waals surface area contributed by atoms with Gasteiger partial charge < -0.3 is 10.1 Å². The van der Waals surface area contributed by atoms with Crippen LogP contribution in [-0.4, -0.2) is 55.0 Å². The highest BCUT2D eigenvalue weighted by molar-refractivity contribution is 7.15. The Balaban J connectivity index is 2.53. The number of methoxy groups -OCH3 is 1. The summed E-state index contributed by atoms with van der Waals surface area (Å²) in [4.78, 5) is 24.0. The Labute approximate surface area is 207 Å². The van der Waals surface area contributed by atoms with Gasteiger partial charge in [0.15, 0.2) is 0 Å². The Bertz CT molecular complexity index is 1170. The molecule has 0 saturated carbocycles. The van der Waals surface area contributed by atoms with E-state index in [-0.39, 0.29) is 27.5 Å². The summed E-state index contributed by atoms with van der Waals surface area (Å²) in [7, 11) is 0.770. The fourth-order valence-corrected chi connectivity index (χ4v) is 3.74. The first-order chi connectivity index (χ1) is 16.7. The summed E-state index contributed by atoms with van der Waals surface area (Å²) >= 11 is 5.90. The lowest BCUT2D eigenvalue weighted by molar-refractivity contribution is -0.406. The highest BCUT2D eigenvalue weighted by Gasteiger charge is 2.89. The average Bonchev–Trinajstić information content (AvgIpc) is 3.21. The monoisotopic (exact) mass is 595 g/mol. The lowest BCUT2D eigenvalue weighted by Crippen LogP contribution is -2.70. The number of carbonyl (C=O) groups excluding carboxylic acids is 2. The maximum absolute atomic E-state index is 14.2. The number of alkyl halides is 12. The van der Waals surface area contributed by atoms with E-state index in [1.54, 1.807) is 0 Å². The van der Waals surface area contributed by atoms with E-state index in [9.17, 15) is 62.3 Å². The van der Waals surface area contributed by atoms with Gasteiger partial charge in [0.2, 0.25) is 0 Å². The third kappa shape index (κ3) is 4.82. The zero-order valence-corrected chi connectivity index (χ0v) is 19.1. The summed E-state index contributed by atoms with van der Waals surface area (Å²) in [5.41, 5.74) is -0.824. The molecule has 0 aliphatic heterocycles. The van der Waals surface area contributed by atoms with Crippen LogP contribution in [-0.2, 0) is 9.53 Å². The summed E-state index contributed by atoms with van der Waals surface area (Å²) in [6.07, 6.45) is -5.67. The molecule has 206 valence electrons. The minimum Gasteiger partial charge on any atom is -0.465 e. The van der Waals surface area contributed by atoms with Gasteiger partial charge in [-0.05, 0) is 17.7 Å². The quantitative estimate of drug-likeness (QED) is 0.246. The van der Waals surface area contributed by atoms with Crippen LogP contribution in [0.1, 0.15) is 10.4 Å². The standard InChI is InChI=1S/C19H10ClF12NO3S/c1-36-12(34)10-9(7-2-4-8(20)5-3-7)6-37-11(10)33-14(35)16(25,26)18(29,30)19(31,32)17(27,28)15(23,24)13(21)22/h2-6,13H,1H3,(H,33,35). The topological polar surface area (TPSA) is 55.4 Å². The molecule has 0 fully saturated rings. The first kappa shape index (κ1) is 30.5. The van der Waals surface area contributed by atoms with Crippen molar-refractivity contribution in [1.29, 1.82) is 0 Å². The molecule has 0 aliphatic rings. The van der Waals surface area contributed by atoms with Gasteiger partial charge in [0, 0.05) is 16.0 Å². The second-order valence-electron chi connectivity index (χ2n) is 7.03. The van der Waals surface area contributed by atoms with Crippen molar-refractivity contribution in [2.75, 3.05) is 12.4 Å². The zero-order chi connectivity index (χ0) is 28.8. The number of esters is 1. The van der Waals surface area contributed by atoms with Gasteiger partial charge in [-0.1, -0.05) is 23.7 Å². The van der Waals surface area contributed by atoms with Crippen LogP contribution in [0.4, 0.5) is 57.7 Å². The van der Waals surface area contributed by atoms with Crippen molar-refractivity contribution in [1.82, 2.24) is 0 Å². The maximum atomic E-state index is 14.2. The number of benzene rings is 1. The van der Waals surface area contributed by atoms with Crippen molar-refractivity contribution in [3.05, 3.63) is 40.2 Å². The van der Waals surface area contributed by atoms with Crippen LogP contribution in [0.25, 0.3) is 11.1 Å².